The van der Waals surface area contributed by atoms with Crippen LogP contribution in [0, 0.1) is 0 Å². The van der Waals surface area contributed by atoms with E-state index in [-0.39, 0.29) is 6.42 Å². The van der Waals surface area contributed by atoms with Gasteiger partial charge < -0.3 is 24.6 Å². The molecule has 2 heterocycles. The SMILES string of the molecule is CN(C)C1=N[C@@H]2[C@@H](O)[C@H](O)[C@@H]([C@@H](OCCCF)C(F)(F)F)O[C@@H]2S1. The molecule has 140 valence electrons. The third-order valence-corrected chi connectivity index (χ3v) is 4.97. The molecule has 0 spiro atoms. The van der Waals surface area contributed by atoms with E-state index >= 15 is 0 Å². The lowest BCUT2D eigenvalue weighted by atomic mass is 9.94. The Labute approximate surface area is 140 Å². The maximum atomic E-state index is 13.2. The monoisotopic (exact) mass is 376 g/mol. The first-order valence-electron chi connectivity index (χ1n) is 7.34. The Bertz CT molecular complexity index is 466. The molecule has 11 heteroatoms. The van der Waals surface area contributed by atoms with Crippen LogP contribution in [0.4, 0.5) is 17.6 Å². The quantitative estimate of drug-likeness (QED) is 0.546. The summed E-state index contributed by atoms with van der Waals surface area (Å²) in [5, 5.41) is 20.7. The lowest BCUT2D eigenvalue weighted by Gasteiger charge is -2.41. The summed E-state index contributed by atoms with van der Waals surface area (Å²) in [5.74, 6) is 0. The molecule has 2 aliphatic heterocycles. The summed E-state index contributed by atoms with van der Waals surface area (Å²) < 4.78 is 61.9. The van der Waals surface area contributed by atoms with Crippen molar-refractivity contribution in [2.45, 2.75) is 48.5 Å². The van der Waals surface area contributed by atoms with Crippen molar-refractivity contribution in [1.82, 2.24) is 4.90 Å². The highest BCUT2D eigenvalue weighted by Crippen LogP contribution is 2.40. The van der Waals surface area contributed by atoms with Gasteiger partial charge in [0, 0.05) is 14.1 Å². The molecule has 0 radical (unpaired) electrons. The normalized spacial score (nSPS) is 34.7. The Kier molecular flexibility index (Phi) is 6.35. The van der Waals surface area contributed by atoms with E-state index in [2.05, 4.69) is 4.99 Å². The number of aliphatic hydroxyl groups excluding tert-OH is 2. The van der Waals surface area contributed by atoms with Crippen molar-refractivity contribution in [3.8, 4) is 0 Å². The number of hydrogen-bond donors (Lipinski definition) is 2. The van der Waals surface area contributed by atoms with Crippen LogP contribution in [-0.2, 0) is 9.47 Å². The second kappa shape index (κ2) is 7.73. The minimum atomic E-state index is -4.83. The van der Waals surface area contributed by atoms with Crippen LogP contribution < -0.4 is 0 Å². The van der Waals surface area contributed by atoms with Gasteiger partial charge in [-0.1, -0.05) is 11.8 Å². The summed E-state index contributed by atoms with van der Waals surface area (Å²) in [7, 11) is 3.39. The predicted octanol–water partition coefficient (Wildman–Crippen LogP) is 0.773. The molecule has 1 fully saturated rings. The van der Waals surface area contributed by atoms with Gasteiger partial charge in [0.2, 0.25) is 0 Å². The largest absolute Gasteiger partial charge is 0.417 e. The van der Waals surface area contributed by atoms with Crippen molar-refractivity contribution in [2.24, 2.45) is 4.99 Å². The molecular formula is C13H20F4N2O4S. The van der Waals surface area contributed by atoms with E-state index in [1.54, 1.807) is 19.0 Å². The Morgan fingerprint density at radius 3 is 2.54 bits per heavy atom. The molecule has 2 rings (SSSR count). The van der Waals surface area contributed by atoms with Gasteiger partial charge in [-0.25, -0.2) is 0 Å². The fraction of sp³-hybridized carbons (Fsp3) is 0.923. The Hall–Kier alpha value is -0.620. The summed E-state index contributed by atoms with van der Waals surface area (Å²) in [6, 6.07) is -0.863. The molecule has 0 saturated carbocycles. The number of amidine groups is 1. The molecule has 0 aromatic heterocycles. The first kappa shape index (κ1) is 19.7. The summed E-state index contributed by atoms with van der Waals surface area (Å²) in [6.07, 6.45) is -12.7. The molecule has 0 aromatic rings. The van der Waals surface area contributed by atoms with E-state index in [0.29, 0.717) is 5.17 Å². The number of thioether (sulfide) groups is 1. The summed E-state index contributed by atoms with van der Waals surface area (Å²) in [4.78, 5) is 5.81. The van der Waals surface area contributed by atoms with Crippen LogP contribution in [0.5, 0.6) is 0 Å². The minimum absolute atomic E-state index is 0.202. The molecule has 6 nitrogen and oxygen atoms in total. The van der Waals surface area contributed by atoms with Crippen LogP contribution in [0.2, 0.25) is 0 Å². The zero-order chi connectivity index (χ0) is 18.1. The van der Waals surface area contributed by atoms with Gasteiger partial charge in [-0.2, -0.15) is 13.2 Å². The second-order valence-corrected chi connectivity index (χ2v) is 6.81. The molecule has 0 aromatic carbocycles. The summed E-state index contributed by atoms with van der Waals surface area (Å²) in [6.45, 7) is -1.29. The lowest BCUT2D eigenvalue weighted by Crippen LogP contribution is -2.61. The molecule has 0 bridgehead atoms. The van der Waals surface area contributed by atoms with Crippen molar-refractivity contribution in [3.05, 3.63) is 0 Å². The number of ether oxygens (including phenoxy) is 2. The highest BCUT2D eigenvalue weighted by atomic mass is 32.2. The van der Waals surface area contributed by atoms with Crippen molar-refractivity contribution in [3.63, 3.8) is 0 Å². The van der Waals surface area contributed by atoms with E-state index in [1.165, 1.54) is 0 Å². The third-order valence-electron chi connectivity index (χ3n) is 3.67. The minimum Gasteiger partial charge on any atom is -0.388 e. The Morgan fingerprint density at radius 2 is 2.00 bits per heavy atom. The van der Waals surface area contributed by atoms with E-state index in [0.717, 1.165) is 11.8 Å². The average Bonchev–Trinajstić information content (AvgIpc) is 2.91. The summed E-state index contributed by atoms with van der Waals surface area (Å²) in [5.41, 5.74) is -0.861. The number of hydrogen-bond acceptors (Lipinski definition) is 7. The van der Waals surface area contributed by atoms with Gasteiger partial charge in [-0.3, -0.25) is 9.38 Å². The zero-order valence-corrected chi connectivity index (χ0v) is 13.9. The Morgan fingerprint density at radius 1 is 1.33 bits per heavy atom. The average molecular weight is 376 g/mol. The standard InChI is InChI=1S/C13H20F4N2O4S/c1-19(2)12-18-6-7(20)8(21)9(23-11(6)24-12)10(13(15,16)17)22-5-3-4-14/h6-11,20-21H,3-5H2,1-2H3/t6-,7-,8+,9+,10-,11-/m1/s1. The molecule has 2 aliphatic rings. The fourth-order valence-electron chi connectivity index (χ4n) is 2.48. The number of nitrogens with zero attached hydrogens (tertiary/aromatic N) is 2. The van der Waals surface area contributed by atoms with Crippen LogP contribution in [0.3, 0.4) is 0 Å². The van der Waals surface area contributed by atoms with Crippen LogP contribution in [0.25, 0.3) is 0 Å². The molecule has 0 unspecified atom stereocenters. The number of rotatable bonds is 5. The van der Waals surface area contributed by atoms with Gasteiger partial charge in [0.1, 0.15) is 29.8 Å². The van der Waals surface area contributed by atoms with Gasteiger partial charge in [0.05, 0.1) is 13.3 Å². The predicted molar refractivity (Wildman–Crippen MR) is 79.6 cm³/mol. The van der Waals surface area contributed by atoms with E-state index in [4.69, 9.17) is 9.47 Å². The molecule has 24 heavy (non-hydrogen) atoms. The first-order valence-corrected chi connectivity index (χ1v) is 8.22. The van der Waals surface area contributed by atoms with Crippen LogP contribution in [0.1, 0.15) is 6.42 Å². The molecule has 0 aliphatic carbocycles. The summed E-state index contributed by atoms with van der Waals surface area (Å²) >= 11 is 1.07. The number of aliphatic hydroxyl groups is 2. The zero-order valence-electron chi connectivity index (χ0n) is 13.1. The highest BCUT2D eigenvalue weighted by Gasteiger charge is 2.57. The molecule has 0 amide bonds. The fourth-order valence-corrected chi connectivity index (χ4v) is 3.63. The van der Waals surface area contributed by atoms with Crippen LogP contribution >= 0.6 is 11.8 Å². The molecule has 2 N–H and O–H groups in total. The first-order chi connectivity index (χ1) is 11.2. The maximum absolute atomic E-state index is 13.2. The number of aliphatic imine (C=N–C) groups is 1. The van der Waals surface area contributed by atoms with Crippen LogP contribution in [-0.4, -0.2) is 89.7 Å². The van der Waals surface area contributed by atoms with Gasteiger partial charge in [0.15, 0.2) is 11.3 Å². The second-order valence-electron chi connectivity index (χ2n) is 5.74. The topological polar surface area (TPSA) is 74.5 Å². The highest BCUT2D eigenvalue weighted by molar-refractivity contribution is 8.14. The van der Waals surface area contributed by atoms with Gasteiger partial charge >= 0.3 is 6.18 Å². The van der Waals surface area contributed by atoms with Crippen molar-refractivity contribution in [2.75, 3.05) is 27.4 Å². The lowest BCUT2D eigenvalue weighted by molar-refractivity contribution is -0.284. The van der Waals surface area contributed by atoms with Crippen LogP contribution in [0.15, 0.2) is 4.99 Å². The van der Waals surface area contributed by atoms with Crippen molar-refractivity contribution in [1.29, 1.82) is 0 Å². The Balaban J connectivity index is 2.15. The maximum Gasteiger partial charge on any atom is 0.417 e. The molecule has 1 saturated heterocycles. The number of halogens is 4. The van der Waals surface area contributed by atoms with Gasteiger partial charge in [-0.05, 0) is 6.42 Å². The molecular weight excluding hydrogens is 356 g/mol. The van der Waals surface area contributed by atoms with Gasteiger partial charge in [-0.15, -0.1) is 0 Å². The third kappa shape index (κ3) is 4.13. The van der Waals surface area contributed by atoms with Crippen molar-refractivity contribution >= 4 is 16.9 Å². The van der Waals surface area contributed by atoms with Gasteiger partial charge in [0.25, 0.3) is 0 Å². The molecule has 6 atom stereocenters. The smallest absolute Gasteiger partial charge is 0.388 e. The van der Waals surface area contributed by atoms with E-state index < -0.39 is 55.4 Å². The van der Waals surface area contributed by atoms with E-state index in [9.17, 15) is 27.8 Å². The van der Waals surface area contributed by atoms with Crippen molar-refractivity contribution < 1.29 is 37.2 Å². The number of alkyl halides is 4. The van der Waals surface area contributed by atoms with E-state index in [1.807, 2.05) is 0 Å². The number of fused-ring (bicyclic) bond motifs is 1.